The van der Waals surface area contributed by atoms with Crippen LogP contribution in [0, 0.1) is 5.82 Å². The summed E-state index contributed by atoms with van der Waals surface area (Å²) in [4.78, 5) is 0. The molecule has 5 heteroatoms. The van der Waals surface area contributed by atoms with Crippen LogP contribution in [0.5, 0.6) is 0 Å². The van der Waals surface area contributed by atoms with Crippen LogP contribution in [-0.4, -0.2) is 5.33 Å². The Labute approximate surface area is 99.1 Å². The monoisotopic (exact) mass is 304 g/mol. The molecule has 0 radical (unpaired) electrons. The highest BCUT2D eigenvalue weighted by atomic mass is 79.9. The van der Waals surface area contributed by atoms with Gasteiger partial charge in [-0.2, -0.15) is 0 Å². The van der Waals surface area contributed by atoms with E-state index in [2.05, 4.69) is 15.9 Å². The van der Waals surface area contributed by atoms with Gasteiger partial charge in [0.25, 0.3) is 0 Å². The van der Waals surface area contributed by atoms with Gasteiger partial charge in [-0.1, -0.05) is 50.7 Å². The maximum atomic E-state index is 13.1. The molecular weight excluding hydrogens is 301 g/mol. The molecule has 1 aromatic rings. The molecule has 0 aromatic heterocycles. The maximum absolute atomic E-state index is 13.1. The molecular formula is C8H5BrCl3F. The Morgan fingerprint density at radius 1 is 1.15 bits per heavy atom. The SMILES string of the molecule is Fc1cc(CCBr)c(Cl)c(Cl)c1Cl. The van der Waals surface area contributed by atoms with E-state index in [1.165, 1.54) is 6.07 Å². The molecule has 0 saturated heterocycles. The van der Waals surface area contributed by atoms with Gasteiger partial charge < -0.3 is 0 Å². The number of aryl methyl sites for hydroxylation is 1. The number of alkyl halides is 1. The van der Waals surface area contributed by atoms with Gasteiger partial charge in [0.2, 0.25) is 0 Å². The number of halogens is 5. The molecule has 0 nitrogen and oxygen atoms in total. The summed E-state index contributed by atoms with van der Waals surface area (Å²) < 4.78 is 13.1. The first-order chi connectivity index (χ1) is 6.07. The van der Waals surface area contributed by atoms with E-state index in [1.807, 2.05) is 0 Å². The van der Waals surface area contributed by atoms with E-state index in [4.69, 9.17) is 34.8 Å². The molecule has 13 heavy (non-hydrogen) atoms. The van der Waals surface area contributed by atoms with Gasteiger partial charge in [0, 0.05) is 5.33 Å². The first-order valence-corrected chi connectivity index (χ1v) is 5.71. The van der Waals surface area contributed by atoms with Crippen molar-refractivity contribution in [2.45, 2.75) is 6.42 Å². The minimum atomic E-state index is -0.535. The minimum absolute atomic E-state index is 0.0827. The van der Waals surface area contributed by atoms with E-state index in [1.54, 1.807) is 0 Å². The zero-order valence-corrected chi connectivity index (χ0v) is 10.2. The molecule has 0 saturated carbocycles. The predicted molar refractivity (Wildman–Crippen MR) is 58.9 cm³/mol. The highest BCUT2D eigenvalue weighted by molar-refractivity contribution is 9.09. The van der Waals surface area contributed by atoms with Crippen LogP contribution in [0.25, 0.3) is 0 Å². The van der Waals surface area contributed by atoms with Crippen molar-refractivity contribution in [3.8, 4) is 0 Å². The second-order valence-corrected chi connectivity index (χ2v) is 4.33. The lowest BCUT2D eigenvalue weighted by Gasteiger charge is -2.06. The van der Waals surface area contributed by atoms with E-state index in [0.29, 0.717) is 22.3 Å². The lowest BCUT2D eigenvalue weighted by Crippen LogP contribution is -1.91. The van der Waals surface area contributed by atoms with Crippen LogP contribution in [0.2, 0.25) is 15.1 Å². The average molecular weight is 306 g/mol. The molecule has 0 aliphatic carbocycles. The molecule has 0 N–H and O–H groups in total. The lowest BCUT2D eigenvalue weighted by atomic mass is 10.2. The Morgan fingerprint density at radius 2 is 1.77 bits per heavy atom. The van der Waals surface area contributed by atoms with E-state index in [-0.39, 0.29) is 10.0 Å². The number of hydrogen-bond acceptors (Lipinski definition) is 0. The third-order valence-corrected chi connectivity index (χ3v) is 3.31. The van der Waals surface area contributed by atoms with Crippen LogP contribution < -0.4 is 0 Å². The minimum Gasteiger partial charge on any atom is -0.205 e. The smallest absolute Gasteiger partial charge is 0.143 e. The lowest BCUT2D eigenvalue weighted by molar-refractivity contribution is 0.626. The number of benzene rings is 1. The van der Waals surface area contributed by atoms with Crippen molar-refractivity contribution in [2.24, 2.45) is 0 Å². The summed E-state index contributed by atoms with van der Waals surface area (Å²) in [7, 11) is 0. The van der Waals surface area contributed by atoms with Gasteiger partial charge in [0.05, 0.1) is 15.1 Å². The third-order valence-electron chi connectivity index (χ3n) is 1.54. The fraction of sp³-hybridized carbons (Fsp3) is 0.250. The Kier molecular flexibility index (Phi) is 4.30. The molecule has 0 bridgehead atoms. The fourth-order valence-corrected chi connectivity index (χ4v) is 1.99. The molecule has 0 heterocycles. The van der Waals surface area contributed by atoms with Gasteiger partial charge in [-0.25, -0.2) is 4.39 Å². The Bertz CT molecular complexity index is 328. The summed E-state index contributed by atoms with van der Waals surface area (Å²) in [6, 6.07) is 1.30. The molecule has 1 rings (SSSR count). The fourth-order valence-electron chi connectivity index (χ4n) is 0.906. The van der Waals surface area contributed by atoms with Crippen LogP contribution in [0.3, 0.4) is 0 Å². The van der Waals surface area contributed by atoms with Crippen molar-refractivity contribution in [3.05, 3.63) is 32.5 Å². The molecule has 0 amide bonds. The summed E-state index contributed by atoms with van der Waals surface area (Å²) >= 11 is 20.3. The van der Waals surface area contributed by atoms with Crippen LogP contribution in [0.4, 0.5) is 4.39 Å². The van der Waals surface area contributed by atoms with Gasteiger partial charge in [0.15, 0.2) is 0 Å². The van der Waals surface area contributed by atoms with Gasteiger partial charge in [-0.05, 0) is 18.1 Å². The van der Waals surface area contributed by atoms with Crippen molar-refractivity contribution in [1.82, 2.24) is 0 Å². The maximum Gasteiger partial charge on any atom is 0.143 e. The molecule has 0 fully saturated rings. The average Bonchev–Trinajstić information content (AvgIpc) is 2.11. The van der Waals surface area contributed by atoms with E-state index < -0.39 is 5.82 Å². The topological polar surface area (TPSA) is 0 Å². The van der Waals surface area contributed by atoms with Crippen LogP contribution in [0.1, 0.15) is 5.56 Å². The van der Waals surface area contributed by atoms with Crippen molar-refractivity contribution >= 4 is 50.7 Å². The highest BCUT2D eigenvalue weighted by Gasteiger charge is 2.13. The molecule has 0 aliphatic rings. The summed E-state index contributed by atoms with van der Waals surface area (Å²) in [6.45, 7) is 0. The summed E-state index contributed by atoms with van der Waals surface area (Å²) in [5.41, 5.74) is 0.658. The molecule has 0 unspecified atom stereocenters. The van der Waals surface area contributed by atoms with Gasteiger partial charge in [0.1, 0.15) is 5.82 Å². The second-order valence-electron chi connectivity index (χ2n) is 2.40. The summed E-state index contributed by atoms with van der Waals surface area (Å²) in [6.07, 6.45) is 0.618. The standard InChI is InChI=1S/C8H5BrCl3F/c9-2-1-4-3-5(13)7(11)8(12)6(4)10/h3H,1-2H2. The Hall–Kier alpha value is 0.500. The first kappa shape index (κ1) is 11.6. The van der Waals surface area contributed by atoms with Crippen molar-refractivity contribution < 1.29 is 4.39 Å². The quantitative estimate of drug-likeness (QED) is 0.421. The molecule has 72 valence electrons. The van der Waals surface area contributed by atoms with Gasteiger partial charge in [-0.3, -0.25) is 0 Å². The van der Waals surface area contributed by atoms with Crippen molar-refractivity contribution in [3.63, 3.8) is 0 Å². The van der Waals surface area contributed by atoms with Crippen LogP contribution >= 0.6 is 50.7 Å². The Morgan fingerprint density at radius 3 is 2.31 bits per heavy atom. The van der Waals surface area contributed by atoms with Crippen LogP contribution in [0.15, 0.2) is 6.07 Å². The predicted octanol–water partition coefficient (Wildman–Crippen LogP) is 4.72. The van der Waals surface area contributed by atoms with E-state index >= 15 is 0 Å². The molecule has 0 aliphatic heterocycles. The van der Waals surface area contributed by atoms with Crippen molar-refractivity contribution in [2.75, 3.05) is 5.33 Å². The second kappa shape index (κ2) is 4.83. The molecule has 0 spiro atoms. The van der Waals surface area contributed by atoms with E-state index in [9.17, 15) is 4.39 Å². The number of hydrogen-bond donors (Lipinski definition) is 0. The zero-order chi connectivity index (χ0) is 10.0. The third kappa shape index (κ3) is 2.50. The van der Waals surface area contributed by atoms with Gasteiger partial charge >= 0.3 is 0 Å². The summed E-state index contributed by atoms with van der Waals surface area (Å²) in [5, 5.41) is 0.987. The van der Waals surface area contributed by atoms with Crippen LogP contribution in [-0.2, 0) is 6.42 Å². The molecule has 1 aromatic carbocycles. The van der Waals surface area contributed by atoms with Gasteiger partial charge in [-0.15, -0.1) is 0 Å². The zero-order valence-electron chi connectivity index (χ0n) is 6.38. The first-order valence-electron chi connectivity index (χ1n) is 3.45. The molecule has 0 atom stereocenters. The van der Waals surface area contributed by atoms with E-state index in [0.717, 1.165) is 0 Å². The largest absolute Gasteiger partial charge is 0.205 e. The highest BCUT2D eigenvalue weighted by Crippen LogP contribution is 2.35. The number of rotatable bonds is 2. The normalized spacial score (nSPS) is 10.5. The Balaban J connectivity index is 3.24. The van der Waals surface area contributed by atoms with Crippen molar-refractivity contribution in [1.29, 1.82) is 0 Å². The summed E-state index contributed by atoms with van der Waals surface area (Å²) in [5.74, 6) is -0.535.